The van der Waals surface area contributed by atoms with E-state index >= 15 is 0 Å². The third kappa shape index (κ3) is 1.04. The zero-order chi connectivity index (χ0) is 9.38. The number of rotatable bonds is 1. The average molecular weight is 189 g/mol. The van der Waals surface area contributed by atoms with E-state index < -0.39 is 0 Å². The number of nitrogens with one attached hydrogen (secondary N) is 1. The number of furan rings is 1. The Hall–Kier alpha value is -1.71. The second-order valence-electron chi connectivity index (χ2n) is 3.38. The third-order valence-corrected chi connectivity index (χ3v) is 2.46. The van der Waals surface area contributed by atoms with Gasteiger partial charge >= 0.3 is 0 Å². The molecule has 4 heteroatoms. The highest BCUT2D eigenvalue weighted by Crippen LogP contribution is 2.24. The maximum atomic E-state index is 5.33. The van der Waals surface area contributed by atoms with Gasteiger partial charge in [-0.3, -0.25) is 0 Å². The predicted octanol–water partition coefficient (Wildman–Crippen LogP) is 1.96. The Morgan fingerprint density at radius 2 is 2.50 bits per heavy atom. The second-order valence-corrected chi connectivity index (χ2v) is 3.38. The van der Waals surface area contributed by atoms with Crippen molar-refractivity contribution >= 4 is 5.82 Å². The van der Waals surface area contributed by atoms with Crippen molar-refractivity contribution in [1.82, 2.24) is 9.55 Å². The molecule has 0 amide bonds. The van der Waals surface area contributed by atoms with Gasteiger partial charge in [-0.1, -0.05) is 0 Å². The van der Waals surface area contributed by atoms with Gasteiger partial charge in [0.1, 0.15) is 5.82 Å². The number of imidazole rings is 1. The minimum absolute atomic E-state index is 0.833. The second kappa shape index (κ2) is 2.90. The van der Waals surface area contributed by atoms with E-state index in [1.807, 2.05) is 18.3 Å². The van der Waals surface area contributed by atoms with Crippen LogP contribution in [0.3, 0.4) is 0 Å². The molecule has 0 fully saturated rings. The van der Waals surface area contributed by atoms with Gasteiger partial charge in [0.15, 0.2) is 11.6 Å². The lowest BCUT2D eigenvalue weighted by Crippen LogP contribution is -2.16. The van der Waals surface area contributed by atoms with Gasteiger partial charge in [0.2, 0.25) is 0 Å². The van der Waals surface area contributed by atoms with E-state index in [0.29, 0.717) is 0 Å². The summed E-state index contributed by atoms with van der Waals surface area (Å²) in [6.45, 7) is 2.04. The highest BCUT2D eigenvalue weighted by Gasteiger charge is 2.15. The first kappa shape index (κ1) is 7.67. The minimum atomic E-state index is 0.833. The van der Waals surface area contributed by atoms with Crippen molar-refractivity contribution in [3.05, 3.63) is 24.6 Å². The topological polar surface area (TPSA) is 43.0 Å². The number of anilines is 1. The van der Waals surface area contributed by atoms with Gasteiger partial charge in [-0.25, -0.2) is 4.98 Å². The van der Waals surface area contributed by atoms with E-state index in [-0.39, 0.29) is 0 Å². The summed E-state index contributed by atoms with van der Waals surface area (Å²) in [6, 6.07) is 3.82. The normalized spacial score (nSPS) is 14.9. The van der Waals surface area contributed by atoms with Crippen LogP contribution in [0.2, 0.25) is 0 Å². The first-order chi connectivity index (χ1) is 6.95. The Morgan fingerprint density at radius 1 is 1.50 bits per heavy atom. The third-order valence-electron chi connectivity index (χ3n) is 2.46. The average Bonchev–Trinajstić information content (AvgIpc) is 2.85. The molecule has 0 radical (unpaired) electrons. The highest BCUT2D eigenvalue weighted by molar-refractivity contribution is 5.53. The Morgan fingerprint density at radius 3 is 3.36 bits per heavy atom. The number of hydrogen-bond acceptors (Lipinski definition) is 3. The fraction of sp³-hybridized carbons (Fsp3) is 0.300. The molecule has 3 heterocycles. The summed E-state index contributed by atoms with van der Waals surface area (Å²) >= 11 is 0. The molecule has 1 aliphatic heterocycles. The van der Waals surface area contributed by atoms with Gasteiger partial charge in [0.25, 0.3) is 0 Å². The first-order valence-electron chi connectivity index (χ1n) is 4.78. The summed E-state index contributed by atoms with van der Waals surface area (Å²) in [7, 11) is 0. The molecule has 3 rings (SSSR count). The van der Waals surface area contributed by atoms with E-state index in [4.69, 9.17) is 4.42 Å². The molecule has 1 N–H and O–H groups in total. The van der Waals surface area contributed by atoms with Crippen LogP contribution in [0.1, 0.15) is 6.42 Å². The maximum Gasteiger partial charge on any atom is 0.177 e. The molecule has 0 spiro atoms. The minimum Gasteiger partial charge on any atom is -0.461 e. The zero-order valence-corrected chi connectivity index (χ0v) is 7.73. The van der Waals surface area contributed by atoms with Crippen molar-refractivity contribution in [2.24, 2.45) is 0 Å². The molecule has 0 saturated carbocycles. The summed E-state index contributed by atoms with van der Waals surface area (Å²) in [5.74, 6) is 2.83. The molecule has 72 valence electrons. The van der Waals surface area contributed by atoms with Crippen molar-refractivity contribution in [3.63, 3.8) is 0 Å². The first-order valence-corrected chi connectivity index (χ1v) is 4.78. The molecule has 0 aliphatic carbocycles. The summed E-state index contributed by atoms with van der Waals surface area (Å²) < 4.78 is 7.49. The van der Waals surface area contributed by atoms with Crippen molar-refractivity contribution in [3.8, 4) is 11.6 Å². The van der Waals surface area contributed by atoms with Crippen molar-refractivity contribution in [2.45, 2.75) is 13.0 Å². The smallest absolute Gasteiger partial charge is 0.177 e. The lowest BCUT2D eigenvalue weighted by atomic mass is 10.3. The summed E-state index contributed by atoms with van der Waals surface area (Å²) in [5.41, 5.74) is 0. The summed E-state index contributed by atoms with van der Waals surface area (Å²) in [6.07, 6.45) is 4.67. The zero-order valence-electron chi connectivity index (χ0n) is 7.73. The number of hydrogen-bond donors (Lipinski definition) is 1. The molecule has 0 bridgehead atoms. The van der Waals surface area contributed by atoms with E-state index in [1.54, 1.807) is 6.26 Å². The van der Waals surface area contributed by atoms with Gasteiger partial charge in [0, 0.05) is 13.1 Å². The Bertz CT molecular complexity index is 430. The molecule has 0 atom stereocenters. The van der Waals surface area contributed by atoms with E-state index in [0.717, 1.165) is 36.9 Å². The van der Waals surface area contributed by atoms with Gasteiger partial charge in [-0.15, -0.1) is 0 Å². The quantitative estimate of drug-likeness (QED) is 0.745. The fourth-order valence-corrected chi connectivity index (χ4v) is 1.80. The van der Waals surface area contributed by atoms with E-state index in [9.17, 15) is 0 Å². The van der Waals surface area contributed by atoms with Crippen LogP contribution in [0, 0.1) is 0 Å². The molecule has 14 heavy (non-hydrogen) atoms. The monoisotopic (exact) mass is 189 g/mol. The Kier molecular flexibility index (Phi) is 1.59. The molecule has 0 aromatic carbocycles. The van der Waals surface area contributed by atoms with E-state index in [1.165, 1.54) is 0 Å². The van der Waals surface area contributed by atoms with Crippen LogP contribution in [-0.2, 0) is 6.54 Å². The van der Waals surface area contributed by atoms with Crippen molar-refractivity contribution < 1.29 is 4.42 Å². The largest absolute Gasteiger partial charge is 0.461 e. The fourth-order valence-electron chi connectivity index (χ4n) is 1.80. The maximum absolute atomic E-state index is 5.33. The van der Waals surface area contributed by atoms with Crippen LogP contribution in [0.5, 0.6) is 0 Å². The summed E-state index contributed by atoms with van der Waals surface area (Å²) in [5, 5.41) is 3.30. The molecular formula is C10H11N3O. The van der Waals surface area contributed by atoms with Gasteiger partial charge in [0.05, 0.1) is 12.5 Å². The molecule has 0 unspecified atom stereocenters. The SMILES string of the molecule is c1coc(-c2ncc3n2CCCN3)c1. The van der Waals surface area contributed by atoms with E-state index in [2.05, 4.69) is 14.9 Å². The van der Waals surface area contributed by atoms with Crippen LogP contribution in [-0.4, -0.2) is 16.1 Å². The Labute approximate surface area is 81.6 Å². The molecule has 4 nitrogen and oxygen atoms in total. The van der Waals surface area contributed by atoms with Crippen molar-refractivity contribution in [1.29, 1.82) is 0 Å². The lowest BCUT2D eigenvalue weighted by molar-refractivity contribution is 0.561. The van der Waals surface area contributed by atoms with Gasteiger partial charge < -0.3 is 14.3 Å². The van der Waals surface area contributed by atoms with Crippen LogP contribution in [0.4, 0.5) is 5.82 Å². The van der Waals surface area contributed by atoms with Crippen LogP contribution in [0.25, 0.3) is 11.6 Å². The molecule has 1 aliphatic rings. The number of fused-ring (bicyclic) bond motifs is 1. The van der Waals surface area contributed by atoms with Crippen molar-refractivity contribution in [2.75, 3.05) is 11.9 Å². The standard InChI is InChI=1S/C10H11N3O/c1-3-8(14-6-1)10-12-7-9-11-4-2-5-13(9)10/h1,3,6-7,11H,2,4-5H2. The summed E-state index contributed by atoms with van der Waals surface area (Å²) in [4.78, 5) is 4.35. The molecule has 0 saturated heterocycles. The molecular weight excluding hydrogens is 178 g/mol. The lowest BCUT2D eigenvalue weighted by Gasteiger charge is -2.17. The number of nitrogens with zero attached hydrogens (tertiary/aromatic N) is 2. The predicted molar refractivity (Wildman–Crippen MR) is 53.0 cm³/mol. The van der Waals surface area contributed by atoms with Crippen LogP contribution in [0.15, 0.2) is 29.0 Å². The molecule has 2 aromatic rings. The van der Waals surface area contributed by atoms with Gasteiger partial charge in [-0.2, -0.15) is 0 Å². The Balaban J connectivity index is 2.11. The van der Waals surface area contributed by atoms with Crippen LogP contribution >= 0.6 is 0 Å². The van der Waals surface area contributed by atoms with Gasteiger partial charge in [-0.05, 0) is 18.6 Å². The van der Waals surface area contributed by atoms with Crippen LogP contribution < -0.4 is 5.32 Å². The molecule has 2 aromatic heterocycles. The number of aromatic nitrogens is 2. The highest BCUT2D eigenvalue weighted by atomic mass is 16.3.